The maximum Gasteiger partial charge on any atom is 0.312 e. The number of benzene rings is 1. The van der Waals surface area contributed by atoms with Crippen LogP contribution in [0.4, 0.5) is 5.69 Å². The van der Waals surface area contributed by atoms with Crippen LogP contribution in [-0.2, 0) is 33.6 Å². The fourth-order valence-corrected chi connectivity index (χ4v) is 4.15. The molecule has 2 aromatic heterocycles. The van der Waals surface area contributed by atoms with Crippen molar-refractivity contribution >= 4 is 28.9 Å². The number of hydrogen-bond donors (Lipinski definition) is 1. The van der Waals surface area contributed by atoms with Crippen LogP contribution in [0.2, 0.25) is 0 Å². The summed E-state index contributed by atoms with van der Waals surface area (Å²) < 4.78 is 5.30. The normalized spacial score (nSPS) is 13.6. The molecule has 0 spiro atoms. The zero-order valence-corrected chi connectivity index (χ0v) is 16.9. The van der Waals surface area contributed by atoms with Gasteiger partial charge in [-0.25, -0.2) is 4.98 Å². The Labute approximate surface area is 173 Å². The van der Waals surface area contributed by atoms with E-state index in [2.05, 4.69) is 21.4 Å². The van der Waals surface area contributed by atoms with Crippen molar-refractivity contribution < 1.29 is 14.3 Å². The zero-order chi connectivity index (χ0) is 20.2. The van der Waals surface area contributed by atoms with E-state index in [-0.39, 0.29) is 12.3 Å². The van der Waals surface area contributed by atoms with Crippen LogP contribution in [0.5, 0.6) is 0 Å². The predicted molar refractivity (Wildman–Crippen MR) is 112 cm³/mol. The minimum absolute atomic E-state index is 0.0211. The Morgan fingerprint density at radius 2 is 2.10 bits per heavy atom. The van der Waals surface area contributed by atoms with E-state index >= 15 is 0 Å². The van der Waals surface area contributed by atoms with Gasteiger partial charge in [0.2, 0.25) is 0 Å². The Balaban J connectivity index is 1.31. The van der Waals surface area contributed by atoms with Gasteiger partial charge in [-0.3, -0.25) is 14.6 Å². The average Bonchev–Trinajstić information content (AvgIpc) is 3.37. The molecule has 1 atom stereocenters. The third kappa shape index (κ3) is 4.68. The molecule has 3 aromatic rings. The van der Waals surface area contributed by atoms with E-state index in [1.165, 1.54) is 22.5 Å². The Kier molecular flexibility index (Phi) is 5.67. The number of thiazole rings is 1. The number of hydrogen-bond acceptors (Lipinski definition) is 6. The number of nitrogens with zero attached hydrogens (tertiary/aromatic N) is 2. The fraction of sp³-hybridized carbons (Fsp3) is 0.273. The molecule has 0 saturated carbocycles. The van der Waals surface area contributed by atoms with Crippen molar-refractivity contribution in [1.29, 1.82) is 0 Å². The molecule has 2 heterocycles. The lowest BCUT2D eigenvalue weighted by Crippen LogP contribution is -2.30. The molecule has 0 radical (unpaired) electrons. The largest absolute Gasteiger partial charge is 0.452 e. The number of carbonyl (C=O) groups excluding carboxylic acids is 2. The third-order valence-electron chi connectivity index (χ3n) is 4.83. The highest BCUT2D eigenvalue weighted by Gasteiger charge is 2.20. The summed E-state index contributed by atoms with van der Waals surface area (Å²) in [4.78, 5) is 33.1. The molecule has 6 nitrogen and oxygen atoms in total. The second-order valence-corrected chi connectivity index (χ2v) is 7.88. The lowest BCUT2D eigenvalue weighted by atomic mass is 10.1. The molecule has 0 bridgehead atoms. The highest BCUT2D eigenvalue weighted by atomic mass is 32.1. The molecule has 0 unspecified atom stereocenters. The summed E-state index contributed by atoms with van der Waals surface area (Å²) >= 11 is 1.44. The van der Waals surface area contributed by atoms with Crippen molar-refractivity contribution in [3.05, 3.63) is 64.9 Å². The predicted octanol–water partition coefficient (Wildman–Crippen LogP) is 3.81. The SMILES string of the molecule is C[C@H](OC(=O)Cc1csc(-c2cccnc2)n1)C(=O)Nc1ccc2c(c1)CCC2. The number of rotatable bonds is 6. The number of pyridine rings is 1. The van der Waals surface area contributed by atoms with Crippen molar-refractivity contribution in [2.45, 2.75) is 38.7 Å². The molecule has 0 fully saturated rings. The Hall–Kier alpha value is -3.06. The quantitative estimate of drug-likeness (QED) is 0.629. The van der Waals surface area contributed by atoms with Crippen LogP contribution < -0.4 is 5.32 Å². The molecular formula is C22H21N3O3S. The van der Waals surface area contributed by atoms with Gasteiger partial charge in [0.05, 0.1) is 12.1 Å². The van der Waals surface area contributed by atoms with Gasteiger partial charge < -0.3 is 10.1 Å². The molecule has 4 rings (SSSR count). The first-order chi connectivity index (χ1) is 14.1. The van der Waals surface area contributed by atoms with Crippen LogP contribution in [0, 0.1) is 0 Å². The van der Waals surface area contributed by atoms with Crippen LogP contribution in [-0.4, -0.2) is 27.9 Å². The van der Waals surface area contributed by atoms with Gasteiger partial charge in [0.25, 0.3) is 5.91 Å². The minimum Gasteiger partial charge on any atom is -0.452 e. The van der Waals surface area contributed by atoms with E-state index in [0.29, 0.717) is 5.69 Å². The molecule has 1 N–H and O–H groups in total. The summed E-state index contributed by atoms with van der Waals surface area (Å²) in [6.45, 7) is 1.57. The van der Waals surface area contributed by atoms with E-state index in [0.717, 1.165) is 35.5 Å². The highest BCUT2D eigenvalue weighted by Crippen LogP contribution is 2.25. The monoisotopic (exact) mass is 407 g/mol. The van der Waals surface area contributed by atoms with Crippen LogP contribution in [0.15, 0.2) is 48.1 Å². The van der Waals surface area contributed by atoms with Gasteiger partial charge in [0, 0.05) is 29.0 Å². The van der Waals surface area contributed by atoms with Crippen LogP contribution >= 0.6 is 11.3 Å². The lowest BCUT2D eigenvalue weighted by molar-refractivity contribution is -0.152. The summed E-state index contributed by atoms with van der Waals surface area (Å²) in [5, 5.41) is 5.44. The van der Waals surface area contributed by atoms with Crippen molar-refractivity contribution in [3.63, 3.8) is 0 Å². The molecule has 0 aliphatic heterocycles. The van der Waals surface area contributed by atoms with Gasteiger partial charge in [-0.05, 0) is 61.6 Å². The standard InChI is InChI=1S/C22H21N3O3S/c1-14(21(27)24-18-8-7-15-4-2-5-16(15)10-18)28-20(26)11-19-13-29-22(25-19)17-6-3-9-23-12-17/h3,6-10,12-14H,2,4-5,11H2,1H3,(H,24,27)/t14-/m0/s1. The maximum atomic E-state index is 12.4. The molecule has 1 aliphatic carbocycles. The number of nitrogens with one attached hydrogen (secondary N) is 1. The van der Waals surface area contributed by atoms with Crippen molar-refractivity contribution in [3.8, 4) is 10.6 Å². The summed E-state index contributed by atoms with van der Waals surface area (Å²) in [6.07, 6.45) is 5.85. The lowest BCUT2D eigenvalue weighted by Gasteiger charge is -2.14. The van der Waals surface area contributed by atoms with E-state index in [9.17, 15) is 9.59 Å². The van der Waals surface area contributed by atoms with Crippen LogP contribution in [0.1, 0.15) is 30.2 Å². The van der Waals surface area contributed by atoms with Gasteiger partial charge >= 0.3 is 5.97 Å². The Morgan fingerprint density at radius 3 is 2.93 bits per heavy atom. The van der Waals surface area contributed by atoms with Gasteiger partial charge in [-0.2, -0.15) is 0 Å². The minimum atomic E-state index is -0.882. The molecule has 1 amide bonds. The number of aromatic nitrogens is 2. The molecule has 1 aliphatic rings. The summed E-state index contributed by atoms with van der Waals surface area (Å²) in [5.41, 5.74) is 4.88. The van der Waals surface area contributed by atoms with Crippen molar-refractivity contribution in [2.24, 2.45) is 0 Å². The summed E-state index contributed by atoms with van der Waals surface area (Å²) in [7, 11) is 0. The zero-order valence-electron chi connectivity index (χ0n) is 16.1. The second-order valence-electron chi connectivity index (χ2n) is 7.02. The van der Waals surface area contributed by atoms with Crippen molar-refractivity contribution in [1.82, 2.24) is 9.97 Å². The smallest absolute Gasteiger partial charge is 0.312 e. The number of ether oxygens (including phenoxy) is 1. The number of fused-ring (bicyclic) bond motifs is 1. The van der Waals surface area contributed by atoms with Gasteiger partial charge in [0.15, 0.2) is 6.10 Å². The molecular weight excluding hydrogens is 386 g/mol. The molecule has 7 heteroatoms. The first-order valence-electron chi connectivity index (χ1n) is 9.55. The third-order valence-corrected chi connectivity index (χ3v) is 5.77. The van der Waals surface area contributed by atoms with Gasteiger partial charge in [-0.1, -0.05) is 6.07 Å². The van der Waals surface area contributed by atoms with E-state index in [1.54, 1.807) is 19.3 Å². The number of carbonyl (C=O) groups is 2. The number of esters is 1. The van der Waals surface area contributed by atoms with Crippen LogP contribution in [0.3, 0.4) is 0 Å². The van der Waals surface area contributed by atoms with Crippen molar-refractivity contribution in [2.75, 3.05) is 5.32 Å². The molecule has 148 valence electrons. The Bertz CT molecular complexity index is 1030. The summed E-state index contributed by atoms with van der Waals surface area (Å²) in [6, 6.07) is 9.71. The van der Waals surface area contributed by atoms with Gasteiger partial charge in [-0.15, -0.1) is 11.3 Å². The van der Waals surface area contributed by atoms with E-state index in [4.69, 9.17) is 4.74 Å². The number of aryl methyl sites for hydroxylation is 2. The molecule has 0 saturated heterocycles. The van der Waals surface area contributed by atoms with Gasteiger partial charge in [0.1, 0.15) is 5.01 Å². The average molecular weight is 407 g/mol. The first kappa shape index (κ1) is 19.3. The van der Waals surface area contributed by atoms with E-state index in [1.807, 2.05) is 29.6 Å². The van der Waals surface area contributed by atoms with E-state index < -0.39 is 12.1 Å². The topological polar surface area (TPSA) is 81.2 Å². The maximum absolute atomic E-state index is 12.4. The first-order valence-corrected chi connectivity index (χ1v) is 10.4. The second kappa shape index (κ2) is 8.53. The Morgan fingerprint density at radius 1 is 1.24 bits per heavy atom. The number of amides is 1. The summed E-state index contributed by atoms with van der Waals surface area (Å²) in [5.74, 6) is -0.824. The molecule has 1 aromatic carbocycles. The fourth-order valence-electron chi connectivity index (χ4n) is 3.34. The number of anilines is 1. The molecule has 29 heavy (non-hydrogen) atoms. The van der Waals surface area contributed by atoms with Crippen LogP contribution in [0.25, 0.3) is 10.6 Å². The highest BCUT2D eigenvalue weighted by molar-refractivity contribution is 7.13.